The Kier molecular flexibility index (Phi) is 4.73. The molecule has 0 spiro atoms. The second kappa shape index (κ2) is 5.59. The van der Waals surface area contributed by atoms with Crippen LogP contribution in [0.4, 0.5) is 0 Å². The summed E-state index contributed by atoms with van der Waals surface area (Å²) in [4.78, 5) is 13.7. The molecule has 1 fully saturated rings. The number of rotatable bonds is 3. The van der Waals surface area contributed by atoms with Gasteiger partial charge in [0.15, 0.2) is 0 Å². The molecule has 1 heterocycles. The summed E-state index contributed by atoms with van der Waals surface area (Å²) in [6.45, 7) is 5.93. The lowest BCUT2D eigenvalue weighted by Crippen LogP contribution is -2.43. The van der Waals surface area contributed by atoms with E-state index < -0.39 is 0 Å². The van der Waals surface area contributed by atoms with Gasteiger partial charge in [-0.2, -0.15) is 0 Å². The van der Waals surface area contributed by atoms with E-state index in [1.165, 1.54) is 0 Å². The number of halogens is 1. The molecule has 1 aliphatic heterocycles. The van der Waals surface area contributed by atoms with Crippen molar-refractivity contribution in [2.75, 3.05) is 13.1 Å². The van der Waals surface area contributed by atoms with Crippen LogP contribution in [-0.2, 0) is 4.79 Å². The van der Waals surface area contributed by atoms with Crippen LogP contribution in [0.15, 0.2) is 0 Å². The fraction of sp³-hybridized carbons (Fsp3) is 0.909. The molecule has 3 heteroatoms. The number of piperidine rings is 1. The van der Waals surface area contributed by atoms with Crippen LogP contribution >= 0.6 is 11.6 Å². The lowest BCUT2D eigenvalue weighted by molar-refractivity contribution is -0.132. The first-order valence-corrected chi connectivity index (χ1v) is 6.00. The minimum atomic E-state index is 0.255. The molecule has 1 saturated heterocycles. The summed E-state index contributed by atoms with van der Waals surface area (Å²) in [5.41, 5.74) is 0. The number of unbranched alkanes of at least 4 members (excludes halogenated alkanes) is 1. The zero-order valence-corrected chi connectivity index (χ0v) is 9.89. The maximum absolute atomic E-state index is 11.7. The van der Waals surface area contributed by atoms with Gasteiger partial charge in [-0.1, -0.05) is 20.3 Å². The summed E-state index contributed by atoms with van der Waals surface area (Å²) in [7, 11) is 0. The van der Waals surface area contributed by atoms with Gasteiger partial charge in [0.1, 0.15) is 0 Å². The Morgan fingerprint density at radius 3 is 2.86 bits per heavy atom. The van der Waals surface area contributed by atoms with Gasteiger partial charge in [-0.15, -0.1) is 11.6 Å². The summed E-state index contributed by atoms with van der Waals surface area (Å²) in [5.74, 6) is 0.748. The zero-order valence-electron chi connectivity index (χ0n) is 9.13. The molecule has 2 unspecified atom stereocenters. The summed E-state index contributed by atoms with van der Waals surface area (Å²) < 4.78 is 0. The van der Waals surface area contributed by atoms with Crippen LogP contribution in [0.1, 0.15) is 39.5 Å². The highest BCUT2D eigenvalue weighted by Crippen LogP contribution is 2.22. The maximum atomic E-state index is 11.7. The molecular weight excluding hydrogens is 198 g/mol. The smallest absolute Gasteiger partial charge is 0.222 e. The van der Waals surface area contributed by atoms with Crippen LogP contribution in [0.3, 0.4) is 0 Å². The van der Waals surface area contributed by atoms with Crippen LogP contribution in [-0.4, -0.2) is 29.3 Å². The standard InChI is InChI=1S/C11H20ClNO/c1-3-4-5-11(14)13-7-6-10(12)9(2)8-13/h9-10H,3-8H2,1-2H3. The van der Waals surface area contributed by atoms with Crippen molar-refractivity contribution in [1.29, 1.82) is 0 Å². The van der Waals surface area contributed by atoms with E-state index in [0.29, 0.717) is 18.2 Å². The second-order valence-electron chi connectivity index (χ2n) is 4.23. The van der Waals surface area contributed by atoms with Gasteiger partial charge in [-0.05, 0) is 18.8 Å². The topological polar surface area (TPSA) is 20.3 Å². The van der Waals surface area contributed by atoms with E-state index in [9.17, 15) is 4.79 Å². The van der Waals surface area contributed by atoms with E-state index >= 15 is 0 Å². The van der Waals surface area contributed by atoms with E-state index in [-0.39, 0.29) is 5.38 Å². The van der Waals surface area contributed by atoms with Gasteiger partial charge in [0.2, 0.25) is 5.91 Å². The summed E-state index contributed by atoms with van der Waals surface area (Å²) in [6.07, 6.45) is 3.75. The first-order chi connectivity index (χ1) is 6.65. The number of carbonyl (C=O) groups is 1. The zero-order chi connectivity index (χ0) is 10.6. The molecule has 1 rings (SSSR count). The van der Waals surface area contributed by atoms with Gasteiger partial charge >= 0.3 is 0 Å². The molecule has 2 atom stereocenters. The Hall–Kier alpha value is -0.240. The molecule has 0 N–H and O–H groups in total. The maximum Gasteiger partial charge on any atom is 0.222 e. The minimum Gasteiger partial charge on any atom is -0.342 e. The van der Waals surface area contributed by atoms with Crippen LogP contribution in [0.2, 0.25) is 0 Å². The number of hydrogen-bond donors (Lipinski definition) is 0. The predicted molar refractivity (Wildman–Crippen MR) is 59.5 cm³/mol. The molecule has 0 saturated carbocycles. The predicted octanol–water partition coefficient (Wildman–Crippen LogP) is 2.65. The van der Waals surface area contributed by atoms with E-state index in [0.717, 1.165) is 32.4 Å². The summed E-state index contributed by atoms with van der Waals surface area (Å²) >= 11 is 6.10. The van der Waals surface area contributed by atoms with Gasteiger partial charge in [0, 0.05) is 24.9 Å². The minimum absolute atomic E-state index is 0.255. The highest BCUT2D eigenvalue weighted by atomic mass is 35.5. The molecule has 0 aliphatic carbocycles. The fourth-order valence-electron chi connectivity index (χ4n) is 1.83. The lowest BCUT2D eigenvalue weighted by Gasteiger charge is -2.34. The summed E-state index contributed by atoms with van der Waals surface area (Å²) in [5, 5.41) is 0.255. The highest BCUT2D eigenvalue weighted by molar-refractivity contribution is 6.20. The van der Waals surface area contributed by atoms with Gasteiger partial charge < -0.3 is 4.90 Å². The first kappa shape index (κ1) is 11.8. The first-order valence-electron chi connectivity index (χ1n) is 5.57. The monoisotopic (exact) mass is 217 g/mol. The Balaban J connectivity index is 2.34. The van der Waals surface area contributed by atoms with Crippen LogP contribution in [0.25, 0.3) is 0 Å². The van der Waals surface area contributed by atoms with Crippen molar-refractivity contribution >= 4 is 17.5 Å². The molecule has 14 heavy (non-hydrogen) atoms. The van der Waals surface area contributed by atoms with Gasteiger partial charge in [0.25, 0.3) is 0 Å². The third-order valence-corrected chi connectivity index (χ3v) is 3.55. The van der Waals surface area contributed by atoms with E-state index in [4.69, 9.17) is 11.6 Å². The quantitative estimate of drug-likeness (QED) is 0.666. The third-order valence-electron chi connectivity index (χ3n) is 2.90. The lowest BCUT2D eigenvalue weighted by atomic mass is 9.99. The van der Waals surface area contributed by atoms with Gasteiger partial charge in [-0.25, -0.2) is 0 Å². The number of nitrogens with zero attached hydrogens (tertiary/aromatic N) is 1. The summed E-state index contributed by atoms with van der Waals surface area (Å²) in [6, 6.07) is 0. The number of carbonyl (C=O) groups excluding carboxylic acids is 1. The second-order valence-corrected chi connectivity index (χ2v) is 4.79. The Morgan fingerprint density at radius 1 is 1.57 bits per heavy atom. The van der Waals surface area contributed by atoms with Crippen molar-refractivity contribution in [1.82, 2.24) is 4.90 Å². The van der Waals surface area contributed by atoms with Crippen molar-refractivity contribution in [2.45, 2.75) is 44.9 Å². The third kappa shape index (κ3) is 3.16. The Morgan fingerprint density at radius 2 is 2.29 bits per heavy atom. The molecule has 82 valence electrons. The number of hydrogen-bond acceptors (Lipinski definition) is 1. The molecule has 0 bridgehead atoms. The van der Waals surface area contributed by atoms with Crippen molar-refractivity contribution in [2.24, 2.45) is 5.92 Å². The highest BCUT2D eigenvalue weighted by Gasteiger charge is 2.26. The van der Waals surface area contributed by atoms with Crippen LogP contribution < -0.4 is 0 Å². The normalized spacial score (nSPS) is 27.8. The number of alkyl halides is 1. The van der Waals surface area contributed by atoms with Crippen LogP contribution in [0.5, 0.6) is 0 Å². The van der Waals surface area contributed by atoms with Gasteiger partial charge in [-0.3, -0.25) is 4.79 Å². The van der Waals surface area contributed by atoms with Crippen LogP contribution in [0, 0.1) is 5.92 Å². The van der Waals surface area contributed by atoms with Crippen molar-refractivity contribution in [3.8, 4) is 0 Å². The fourth-order valence-corrected chi connectivity index (χ4v) is 2.01. The number of amides is 1. The molecule has 0 radical (unpaired) electrons. The van der Waals surface area contributed by atoms with Crippen molar-refractivity contribution < 1.29 is 4.79 Å². The largest absolute Gasteiger partial charge is 0.342 e. The van der Waals surface area contributed by atoms with Crippen molar-refractivity contribution in [3.63, 3.8) is 0 Å². The molecule has 0 aromatic rings. The van der Waals surface area contributed by atoms with Crippen molar-refractivity contribution in [3.05, 3.63) is 0 Å². The molecule has 1 aliphatic rings. The van der Waals surface area contributed by atoms with E-state index in [1.54, 1.807) is 0 Å². The Bertz CT molecular complexity index is 196. The number of likely N-dealkylation sites (tertiary alicyclic amines) is 1. The van der Waals surface area contributed by atoms with Gasteiger partial charge in [0.05, 0.1) is 0 Å². The van der Waals surface area contributed by atoms with E-state index in [1.807, 2.05) is 4.90 Å². The molecule has 1 amide bonds. The average Bonchev–Trinajstić information content (AvgIpc) is 2.18. The van der Waals surface area contributed by atoms with E-state index in [2.05, 4.69) is 13.8 Å². The molecule has 0 aromatic heterocycles. The molecule has 2 nitrogen and oxygen atoms in total. The molecule has 0 aromatic carbocycles. The average molecular weight is 218 g/mol. The Labute approximate surface area is 91.6 Å². The SMILES string of the molecule is CCCCC(=O)N1CCC(Cl)C(C)C1. The molecular formula is C11H20ClNO.